The van der Waals surface area contributed by atoms with Gasteiger partial charge in [0, 0.05) is 130 Å². The Hall–Kier alpha value is -18.5. The van der Waals surface area contributed by atoms with Gasteiger partial charge in [-0.05, 0) is 158 Å². The lowest BCUT2D eigenvalue weighted by molar-refractivity contribution is 1.01. The number of aromatic nitrogens is 12. The predicted octanol–water partition coefficient (Wildman–Crippen LogP) is 31.6. The maximum absolute atomic E-state index is 5.45. The Kier molecular flexibility index (Phi) is 14.8. The fourth-order valence-electron chi connectivity index (χ4n) is 23.5. The third-order valence-electron chi connectivity index (χ3n) is 29.2. The van der Waals surface area contributed by atoms with Crippen LogP contribution in [0.15, 0.2) is 425 Å². The SMILES string of the molecule is c1ccc(-c2nc(-n3c4ccccc4c4c5c6cc7ccccc7cc6n6c7ccccc7c(cc43)c56)nc3ccccc23)cc1.c1ccc2cc(-c3nc(-n4c5ccccc5c5c6c7cc8ccccc8cc7n7c8ccccc8c(cc54)c67)nc4ccccc34)ccc2c1.c1ccc2cc3c(cc2c1)c1c2c4ccccc4n(-c4ncc5ccccc5n4)c2cc2c4ccccc4n3c21. The molecule has 12 heterocycles. The maximum Gasteiger partial charge on any atom is 0.235 e. The molecule has 626 valence electrons. The lowest BCUT2D eigenvalue weighted by Crippen LogP contribution is -2.03. The normalized spacial score (nSPS) is 12.4. The topological polar surface area (TPSA) is 105 Å². The minimum absolute atomic E-state index is 0.671. The summed E-state index contributed by atoms with van der Waals surface area (Å²) >= 11 is 0. The molecule has 0 bridgehead atoms. The van der Waals surface area contributed by atoms with Crippen molar-refractivity contribution >= 4 is 256 Å². The molecule has 0 atom stereocenters. The highest BCUT2D eigenvalue weighted by Crippen LogP contribution is 2.53. The number of hydrogen-bond acceptors (Lipinski definition) is 6. The molecule has 21 aromatic carbocycles. The molecule has 0 saturated heterocycles. The van der Waals surface area contributed by atoms with Crippen molar-refractivity contribution in [1.82, 2.24) is 56.8 Å². The van der Waals surface area contributed by atoms with Crippen LogP contribution >= 0.6 is 0 Å². The summed E-state index contributed by atoms with van der Waals surface area (Å²) < 4.78 is 14.3. The quantitative estimate of drug-likeness (QED) is 0.170. The van der Waals surface area contributed by atoms with Gasteiger partial charge in [-0.1, -0.05) is 303 Å². The molecule has 0 amide bonds. The van der Waals surface area contributed by atoms with Crippen LogP contribution in [0.3, 0.4) is 0 Å². The zero-order chi connectivity index (χ0) is 88.4. The van der Waals surface area contributed by atoms with Crippen molar-refractivity contribution in [1.29, 1.82) is 0 Å². The highest BCUT2D eigenvalue weighted by Gasteiger charge is 2.31. The molecule has 0 saturated carbocycles. The van der Waals surface area contributed by atoms with E-state index in [1.165, 1.54) is 190 Å². The van der Waals surface area contributed by atoms with Gasteiger partial charge in [-0.3, -0.25) is 13.7 Å². The number of hydrogen-bond donors (Lipinski definition) is 0. The molecule has 0 spiro atoms. The molecule has 0 aliphatic carbocycles. The average Bonchev–Trinajstić information content (AvgIpc) is 1.52. The van der Waals surface area contributed by atoms with E-state index in [1.54, 1.807) is 0 Å². The maximum atomic E-state index is 5.45. The molecule has 0 unspecified atom stereocenters. The Labute approximate surface area is 772 Å². The monoisotopic (exact) mass is 1730 g/mol. The minimum atomic E-state index is 0.671. The van der Waals surface area contributed by atoms with Gasteiger partial charge in [0.15, 0.2) is 0 Å². The van der Waals surface area contributed by atoms with Crippen LogP contribution in [0.5, 0.6) is 0 Å². The Morgan fingerprint density at radius 2 is 0.456 bits per heavy atom. The number of fused-ring (bicyclic) bond motifs is 37. The van der Waals surface area contributed by atoms with E-state index in [4.69, 9.17) is 29.9 Å². The van der Waals surface area contributed by atoms with Gasteiger partial charge in [0.05, 0.1) is 111 Å². The van der Waals surface area contributed by atoms with Crippen molar-refractivity contribution < 1.29 is 0 Å². The lowest BCUT2D eigenvalue weighted by atomic mass is 10.0. The van der Waals surface area contributed by atoms with E-state index in [9.17, 15) is 0 Å². The fourth-order valence-corrected chi connectivity index (χ4v) is 23.5. The summed E-state index contributed by atoms with van der Waals surface area (Å²) in [4.78, 5) is 31.3. The molecule has 12 heteroatoms. The van der Waals surface area contributed by atoms with Gasteiger partial charge in [0.2, 0.25) is 17.8 Å². The van der Waals surface area contributed by atoms with Crippen molar-refractivity contribution in [2.45, 2.75) is 0 Å². The van der Waals surface area contributed by atoms with Crippen LogP contribution in [0, 0.1) is 0 Å². The van der Waals surface area contributed by atoms with Crippen LogP contribution in [0.1, 0.15) is 0 Å². The first-order chi connectivity index (χ1) is 67.5. The van der Waals surface area contributed by atoms with Gasteiger partial charge in [-0.25, -0.2) is 29.9 Å². The molecule has 136 heavy (non-hydrogen) atoms. The van der Waals surface area contributed by atoms with E-state index in [-0.39, 0.29) is 0 Å². The molecule has 33 rings (SSSR count). The van der Waals surface area contributed by atoms with Crippen molar-refractivity contribution in [3.63, 3.8) is 0 Å². The summed E-state index contributed by atoms with van der Waals surface area (Å²) in [6.07, 6.45) is 1.93. The summed E-state index contributed by atoms with van der Waals surface area (Å²) in [6, 6.07) is 150. The van der Waals surface area contributed by atoms with Crippen LogP contribution in [-0.4, -0.2) is 56.8 Å². The molecule has 0 N–H and O–H groups in total. The lowest BCUT2D eigenvalue weighted by Gasteiger charge is -2.12. The number of benzene rings is 21. The van der Waals surface area contributed by atoms with Gasteiger partial charge >= 0.3 is 0 Å². The first kappa shape index (κ1) is 73.3. The molecular weight excluding hydrogens is 1660 g/mol. The Morgan fingerprint density at radius 3 is 0.868 bits per heavy atom. The highest BCUT2D eigenvalue weighted by atomic mass is 15.2. The van der Waals surface area contributed by atoms with E-state index in [0.29, 0.717) is 17.8 Å². The zero-order valence-corrected chi connectivity index (χ0v) is 72.8. The van der Waals surface area contributed by atoms with Crippen LogP contribution in [0.2, 0.25) is 0 Å². The van der Waals surface area contributed by atoms with Crippen LogP contribution < -0.4 is 0 Å². The number of nitrogens with zero attached hydrogens (tertiary/aromatic N) is 12. The van der Waals surface area contributed by atoms with Crippen LogP contribution in [0.25, 0.3) is 296 Å². The van der Waals surface area contributed by atoms with Crippen LogP contribution in [0.4, 0.5) is 0 Å². The number of rotatable bonds is 5. The molecular formula is C124H70N12. The summed E-state index contributed by atoms with van der Waals surface area (Å²) in [7, 11) is 0. The van der Waals surface area contributed by atoms with Crippen molar-refractivity contribution in [2.75, 3.05) is 0 Å². The minimum Gasteiger partial charge on any atom is -0.308 e. The smallest absolute Gasteiger partial charge is 0.235 e. The molecule has 0 radical (unpaired) electrons. The van der Waals surface area contributed by atoms with Gasteiger partial charge in [0.25, 0.3) is 0 Å². The second-order valence-electron chi connectivity index (χ2n) is 36.3. The van der Waals surface area contributed by atoms with E-state index >= 15 is 0 Å². The van der Waals surface area contributed by atoms with E-state index in [2.05, 4.69) is 427 Å². The standard InChI is InChI=1S/C46H26N4.C42H24N4.C36H20N4/c1-2-12-28-23-31(22-21-27(28)11-1)44-33-16-5-8-18-37(33)47-46(48-44)50-39-20-10-7-17-34(39)42-41(50)26-35-32-15-6-9-19-38(32)49-40-25-30-14-4-3-13-29(30)24-36(40)43(42)45(35)49;1-2-12-25(13-3-1)40-29-17-6-9-19-33(29)43-42(44-40)46-35-21-11-8-18-30(35)38-37(46)24-31-28-16-7-10-20-34(28)45-36-23-27-15-5-4-14-26(27)22-32(36)39(38)41(31)45;1-2-10-22-18-31-27(17-21(22)9-1)34-33-25-13-5-8-16-30(25)40(36-37-20-23-11-3-6-14-28(23)38-36)32(33)19-26-24-12-4-7-15-29(24)39(31)35(26)34/h1-26H;1-24H;1-20H. The molecule has 33 aromatic rings. The third-order valence-corrected chi connectivity index (χ3v) is 29.2. The van der Waals surface area contributed by atoms with Crippen LogP contribution in [-0.2, 0) is 0 Å². The van der Waals surface area contributed by atoms with Crippen molar-refractivity contribution in [3.8, 4) is 40.4 Å². The Balaban J connectivity index is 0.0000000956. The number of para-hydroxylation sites is 9. The largest absolute Gasteiger partial charge is 0.308 e. The molecule has 12 aromatic heterocycles. The second-order valence-corrected chi connectivity index (χ2v) is 36.3. The fraction of sp³-hybridized carbons (Fsp3) is 0. The van der Waals surface area contributed by atoms with Crippen molar-refractivity contribution in [3.05, 3.63) is 425 Å². The average molecular weight is 1730 g/mol. The Bertz CT molecular complexity index is 11000. The van der Waals surface area contributed by atoms with Crippen molar-refractivity contribution in [2.24, 2.45) is 0 Å². The molecule has 0 aliphatic rings. The predicted molar refractivity (Wildman–Crippen MR) is 567 cm³/mol. The highest BCUT2D eigenvalue weighted by molar-refractivity contribution is 6.40. The summed E-state index contributed by atoms with van der Waals surface area (Å²) in [5, 5.41) is 35.5. The summed E-state index contributed by atoms with van der Waals surface area (Å²) in [6.45, 7) is 0. The second kappa shape index (κ2) is 27.5. The third kappa shape index (κ3) is 10.1. The first-order valence-corrected chi connectivity index (χ1v) is 46.4. The van der Waals surface area contributed by atoms with Gasteiger partial charge in [-0.2, -0.15) is 0 Å². The Morgan fingerprint density at radius 1 is 0.154 bits per heavy atom. The van der Waals surface area contributed by atoms with Gasteiger partial charge < -0.3 is 13.2 Å². The van der Waals surface area contributed by atoms with Gasteiger partial charge in [-0.15, -0.1) is 0 Å². The summed E-state index contributed by atoms with van der Waals surface area (Å²) in [5.74, 6) is 2.04. The van der Waals surface area contributed by atoms with E-state index < -0.39 is 0 Å². The summed E-state index contributed by atoms with van der Waals surface area (Å²) in [5.41, 5.74) is 24.7. The molecule has 12 nitrogen and oxygen atoms in total. The zero-order valence-electron chi connectivity index (χ0n) is 72.8. The van der Waals surface area contributed by atoms with E-state index in [0.717, 1.165) is 88.3 Å². The first-order valence-electron chi connectivity index (χ1n) is 46.4. The van der Waals surface area contributed by atoms with E-state index in [1.807, 2.05) is 24.4 Å². The van der Waals surface area contributed by atoms with Gasteiger partial charge in [0.1, 0.15) is 0 Å². The molecule has 0 fully saturated rings. The molecule has 0 aliphatic heterocycles.